The summed E-state index contributed by atoms with van der Waals surface area (Å²) in [5.74, 6) is 0.519. The summed E-state index contributed by atoms with van der Waals surface area (Å²) in [6, 6.07) is 2.75. The second-order valence-corrected chi connectivity index (χ2v) is 5.33. The van der Waals surface area contributed by atoms with Crippen LogP contribution in [0.2, 0.25) is 10.0 Å². The van der Waals surface area contributed by atoms with Crippen LogP contribution in [-0.2, 0) is 13.0 Å². The van der Waals surface area contributed by atoms with E-state index in [0.29, 0.717) is 17.3 Å². The smallest absolute Gasteiger partial charge is 0.444 e. The van der Waals surface area contributed by atoms with Gasteiger partial charge in [0, 0.05) is 5.02 Å². The molecule has 2 heterocycles. The van der Waals surface area contributed by atoms with Crippen molar-refractivity contribution in [1.29, 1.82) is 0 Å². The van der Waals surface area contributed by atoms with Crippen LogP contribution in [-0.4, -0.2) is 9.67 Å². The van der Waals surface area contributed by atoms with Gasteiger partial charge in [-0.15, -0.1) is 4.68 Å². The van der Waals surface area contributed by atoms with Crippen LogP contribution in [0.15, 0.2) is 16.9 Å². The molecular formula is C12H11Cl2N3O2. The maximum absolute atomic E-state index is 11.9. The molecular weight excluding hydrogens is 289 g/mol. The van der Waals surface area contributed by atoms with Crippen LogP contribution in [0.5, 0.6) is 5.75 Å². The van der Waals surface area contributed by atoms with E-state index in [0.717, 1.165) is 25.1 Å². The molecule has 0 atom stereocenters. The molecule has 0 radical (unpaired) electrons. The van der Waals surface area contributed by atoms with Gasteiger partial charge in [-0.05, 0) is 25.0 Å². The van der Waals surface area contributed by atoms with E-state index in [1.54, 1.807) is 9.25 Å². The van der Waals surface area contributed by atoms with Crippen molar-refractivity contribution in [3.8, 4) is 11.4 Å². The first-order chi connectivity index (χ1) is 9.08. The van der Waals surface area contributed by atoms with Crippen molar-refractivity contribution in [2.24, 2.45) is 0 Å². The lowest BCUT2D eigenvalue weighted by Gasteiger charge is -2.12. The molecule has 1 aliphatic rings. The summed E-state index contributed by atoms with van der Waals surface area (Å²) in [5, 5.41) is 14.8. The van der Waals surface area contributed by atoms with Crippen molar-refractivity contribution in [1.82, 2.24) is 9.67 Å². The number of nitrogens with zero attached hydrogens (tertiary/aromatic N) is 2. The van der Waals surface area contributed by atoms with Gasteiger partial charge in [0.15, 0.2) is 5.69 Å². The minimum Gasteiger partial charge on any atom is -0.871 e. The summed E-state index contributed by atoms with van der Waals surface area (Å²) in [4.78, 5) is 11.9. The van der Waals surface area contributed by atoms with E-state index in [9.17, 15) is 9.90 Å². The fourth-order valence-corrected chi connectivity index (χ4v) is 2.85. The van der Waals surface area contributed by atoms with E-state index in [4.69, 9.17) is 23.2 Å². The van der Waals surface area contributed by atoms with Gasteiger partial charge in [-0.25, -0.2) is 4.79 Å². The van der Waals surface area contributed by atoms with Crippen molar-refractivity contribution < 1.29 is 9.79 Å². The maximum atomic E-state index is 11.9. The second kappa shape index (κ2) is 4.58. The molecule has 0 fully saturated rings. The van der Waals surface area contributed by atoms with Crippen molar-refractivity contribution in [2.75, 3.05) is 0 Å². The second-order valence-electron chi connectivity index (χ2n) is 4.51. The summed E-state index contributed by atoms with van der Waals surface area (Å²) >= 11 is 11.9. The molecule has 3 rings (SSSR count). The lowest BCUT2D eigenvalue weighted by atomic mass is 10.1. The highest BCUT2D eigenvalue weighted by atomic mass is 35.5. The number of H-pyrrole nitrogens is 1. The Kier molecular flexibility index (Phi) is 3.03. The predicted molar refractivity (Wildman–Crippen MR) is 69.0 cm³/mol. The number of aromatic amines is 1. The van der Waals surface area contributed by atoms with Crippen LogP contribution in [0.1, 0.15) is 18.7 Å². The third kappa shape index (κ3) is 2.03. The van der Waals surface area contributed by atoms with Crippen LogP contribution >= 0.6 is 23.2 Å². The van der Waals surface area contributed by atoms with Crippen molar-refractivity contribution in [3.63, 3.8) is 0 Å². The first-order valence-electron chi connectivity index (χ1n) is 5.98. The largest absolute Gasteiger partial charge is 0.871 e. The predicted octanol–water partition coefficient (Wildman–Crippen LogP) is 1.17. The third-order valence-electron chi connectivity index (χ3n) is 3.30. The highest BCUT2D eigenvalue weighted by Crippen LogP contribution is 2.28. The van der Waals surface area contributed by atoms with Crippen LogP contribution in [0, 0.1) is 0 Å². The van der Waals surface area contributed by atoms with Crippen molar-refractivity contribution in [3.05, 3.63) is 38.5 Å². The third-order valence-corrected chi connectivity index (χ3v) is 3.89. The molecule has 0 bridgehead atoms. The summed E-state index contributed by atoms with van der Waals surface area (Å²) in [7, 11) is 0. The Labute approximate surface area is 119 Å². The number of rotatable bonds is 1. The number of benzene rings is 1. The number of fused-ring (bicyclic) bond motifs is 1. The molecule has 5 nitrogen and oxygen atoms in total. The van der Waals surface area contributed by atoms with Gasteiger partial charge in [0.25, 0.3) is 5.82 Å². The van der Waals surface area contributed by atoms with E-state index in [1.807, 2.05) is 0 Å². The van der Waals surface area contributed by atoms with Gasteiger partial charge in [0.1, 0.15) is 0 Å². The molecule has 1 aliphatic heterocycles. The van der Waals surface area contributed by atoms with E-state index in [1.165, 1.54) is 12.1 Å². The van der Waals surface area contributed by atoms with Crippen molar-refractivity contribution in [2.45, 2.75) is 25.8 Å². The minimum absolute atomic E-state index is 0.0739. The molecule has 0 unspecified atom stereocenters. The zero-order valence-electron chi connectivity index (χ0n) is 9.95. The normalized spacial score (nSPS) is 14.4. The monoisotopic (exact) mass is 299 g/mol. The molecule has 19 heavy (non-hydrogen) atoms. The van der Waals surface area contributed by atoms with E-state index >= 15 is 0 Å². The standard InChI is InChI=1S/C12H11Cl2N3O2/c13-7-5-8(14)10(18)6-9(7)17-11-3-1-2-4-16(11)12(19)15-17/h5-6H,1-4H2,(H-,15,18,19). The molecule has 0 saturated carbocycles. The molecule has 100 valence electrons. The average Bonchev–Trinajstić information content (AvgIpc) is 2.72. The van der Waals surface area contributed by atoms with Gasteiger partial charge in [0.2, 0.25) is 0 Å². The fourth-order valence-electron chi connectivity index (χ4n) is 2.38. The van der Waals surface area contributed by atoms with Crippen LogP contribution < -0.4 is 15.5 Å². The van der Waals surface area contributed by atoms with Gasteiger partial charge >= 0.3 is 5.69 Å². The van der Waals surface area contributed by atoms with Crippen LogP contribution in [0.4, 0.5) is 0 Å². The Balaban J connectivity index is 2.23. The lowest BCUT2D eigenvalue weighted by Crippen LogP contribution is -2.39. The molecule has 0 amide bonds. The Morgan fingerprint density at radius 2 is 2.05 bits per heavy atom. The highest BCUT2D eigenvalue weighted by molar-refractivity contribution is 6.36. The molecule has 0 aliphatic carbocycles. The van der Waals surface area contributed by atoms with Gasteiger partial charge < -0.3 is 5.11 Å². The molecule has 1 aromatic carbocycles. The number of hydrogen-bond acceptors (Lipinski definition) is 2. The first kappa shape index (κ1) is 12.6. The number of hydrogen-bond donors (Lipinski definition) is 1. The molecule has 1 N–H and O–H groups in total. The summed E-state index contributed by atoms with van der Waals surface area (Å²) in [5.41, 5.74) is 0.275. The van der Waals surface area contributed by atoms with Crippen LogP contribution in [0.25, 0.3) is 5.69 Å². The molecule has 0 saturated heterocycles. The zero-order valence-corrected chi connectivity index (χ0v) is 11.5. The van der Waals surface area contributed by atoms with E-state index < -0.39 is 0 Å². The lowest BCUT2D eigenvalue weighted by molar-refractivity contribution is -0.666. The number of halogens is 2. The van der Waals surface area contributed by atoms with Crippen molar-refractivity contribution >= 4 is 23.2 Å². The summed E-state index contributed by atoms with van der Waals surface area (Å²) in [6.45, 7) is 0.688. The average molecular weight is 300 g/mol. The van der Waals surface area contributed by atoms with E-state index in [2.05, 4.69) is 5.10 Å². The van der Waals surface area contributed by atoms with Gasteiger partial charge in [0.05, 0.1) is 18.0 Å². The quantitative estimate of drug-likeness (QED) is 0.804. The molecule has 1 aromatic heterocycles. The minimum atomic E-state index is -0.315. The Morgan fingerprint density at radius 3 is 2.84 bits per heavy atom. The summed E-state index contributed by atoms with van der Waals surface area (Å²) in [6.07, 6.45) is 2.75. The SMILES string of the molecule is O=c1[nH][n+](-c2cc([O-])c(Cl)cc2Cl)c2n1CCCC2. The van der Waals surface area contributed by atoms with E-state index in [-0.39, 0.29) is 16.5 Å². The maximum Gasteiger partial charge on any atom is 0.444 e. The number of nitrogens with one attached hydrogen (secondary N) is 1. The Morgan fingerprint density at radius 1 is 1.26 bits per heavy atom. The first-order valence-corrected chi connectivity index (χ1v) is 6.73. The van der Waals surface area contributed by atoms with Gasteiger partial charge in [-0.2, -0.15) is 9.67 Å². The van der Waals surface area contributed by atoms with Gasteiger partial charge in [-0.3, -0.25) is 0 Å². The topological polar surface area (TPSA) is 64.7 Å². The zero-order chi connectivity index (χ0) is 13.6. The summed E-state index contributed by atoms with van der Waals surface area (Å²) < 4.78 is 3.26. The van der Waals surface area contributed by atoms with Crippen LogP contribution in [0.3, 0.4) is 0 Å². The Bertz CT molecular complexity index is 706. The highest BCUT2D eigenvalue weighted by Gasteiger charge is 2.27. The van der Waals surface area contributed by atoms with Gasteiger partial charge in [-0.1, -0.05) is 29.0 Å². The Hall–Kier alpha value is -1.46. The molecule has 2 aromatic rings. The fraction of sp³-hybridized carbons (Fsp3) is 0.333. The number of aromatic nitrogens is 3. The molecule has 7 heteroatoms. The molecule has 0 spiro atoms.